The van der Waals surface area contributed by atoms with E-state index in [9.17, 15) is 18.3 Å². The van der Waals surface area contributed by atoms with Crippen LogP contribution in [0.1, 0.15) is 64.9 Å². The van der Waals surface area contributed by atoms with Gasteiger partial charge in [0.1, 0.15) is 0 Å². The molecule has 4 N–H and O–H groups in total. The minimum absolute atomic E-state index is 0.0357. The van der Waals surface area contributed by atoms with Crippen molar-refractivity contribution in [3.05, 3.63) is 60.2 Å². The van der Waals surface area contributed by atoms with E-state index < -0.39 is 27.6 Å². The second-order valence-electron chi connectivity index (χ2n) is 10.8. The highest BCUT2D eigenvalue weighted by Gasteiger charge is 2.40. The second-order valence-corrected chi connectivity index (χ2v) is 12.8. The molecule has 0 aliphatic heterocycles. The molecule has 0 heterocycles. The Balaban J connectivity index is 1.87. The Labute approximate surface area is 222 Å². The number of rotatable bonds is 12. The van der Waals surface area contributed by atoms with Crippen LogP contribution >= 0.6 is 0 Å². The van der Waals surface area contributed by atoms with Gasteiger partial charge in [0.15, 0.2) is 0 Å². The number of amides is 1. The zero-order valence-electron chi connectivity index (χ0n) is 22.4. The summed E-state index contributed by atoms with van der Waals surface area (Å²) in [5.74, 6) is 0.00926. The molecule has 1 saturated carbocycles. The molecule has 2 aromatic rings. The number of sulfonamides is 1. The van der Waals surface area contributed by atoms with Crippen molar-refractivity contribution in [3.63, 3.8) is 0 Å². The Morgan fingerprint density at radius 1 is 1.03 bits per heavy atom. The third-order valence-corrected chi connectivity index (χ3v) is 9.37. The van der Waals surface area contributed by atoms with E-state index >= 15 is 0 Å². The van der Waals surface area contributed by atoms with E-state index in [-0.39, 0.29) is 29.8 Å². The molecule has 1 aliphatic rings. The summed E-state index contributed by atoms with van der Waals surface area (Å²) in [7, 11) is -3.87. The molecule has 8 heteroatoms. The smallest absolute Gasteiger partial charge is 0.243 e. The first-order valence-electron chi connectivity index (χ1n) is 13.5. The third kappa shape index (κ3) is 7.55. The quantitative estimate of drug-likeness (QED) is 0.354. The molecule has 0 radical (unpaired) electrons. The fraction of sp³-hybridized carbons (Fsp3) is 0.552. The normalized spacial score (nSPS) is 17.5. The molecule has 0 spiro atoms. The fourth-order valence-electron chi connectivity index (χ4n) is 5.25. The fourth-order valence-corrected chi connectivity index (χ4v) is 6.87. The number of hydrogen-bond donors (Lipinski definition) is 3. The average molecular weight is 530 g/mol. The molecule has 0 saturated heterocycles. The van der Waals surface area contributed by atoms with E-state index in [0.29, 0.717) is 12.1 Å². The Bertz CT molecular complexity index is 1100. The number of nitrogens with two attached hydrogens (primary N) is 1. The average Bonchev–Trinajstić information content (AvgIpc) is 2.88. The van der Waals surface area contributed by atoms with Gasteiger partial charge in [-0.3, -0.25) is 4.79 Å². The molecule has 7 nitrogen and oxygen atoms in total. The Hall–Kier alpha value is -2.42. The molecule has 1 fully saturated rings. The summed E-state index contributed by atoms with van der Waals surface area (Å²) in [6.07, 6.45) is 4.93. The number of carbonyl (C=O) groups is 1. The Morgan fingerprint density at radius 2 is 1.65 bits per heavy atom. The number of carbonyl (C=O) groups excluding carboxylic acids is 1. The highest BCUT2D eigenvalue weighted by Crippen LogP contribution is 2.39. The summed E-state index contributed by atoms with van der Waals surface area (Å²) in [5.41, 5.74) is 6.78. The number of nitrogen functional groups attached to an aromatic ring is 1. The molecular formula is C29H43N3O4S. The van der Waals surface area contributed by atoms with E-state index in [2.05, 4.69) is 12.2 Å². The maximum absolute atomic E-state index is 13.6. The summed E-state index contributed by atoms with van der Waals surface area (Å²) < 4.78 is 28.4. The first-order chi connectivity index (χ1) is 17.6. The lowest BCUT2D eigenvalue weighted by molar-refractivity contribution is -0.135. The van der Waals surface area contributed by atoms with E-state index in [1.807, 2.05) is 44.2 Å². The third-order valence-electron chi connectivity index (χ3n) is 7.53. The van der Waals surface area contributed by atoms with Gasteiger partial charge in [-0.2, -0.15) is 4.31 Å². The van der Waals surface area contributed by atoms with Crippen LogP contribution in [0.3, 0.4) is 0 Å². The van der Waals surface area contributed by atoms with Gasteiger partial charge < -0.3 is 16.2 Å². The molecule has 0 unspecified atom stereocenters. The number of nitrogens with one attached hydrogen (secondary N) is 1. The van der Waals surface area contributed by atoms with E-state index in [4.69, 9.17) is 5.73 Å². The van der Waals surface area contributed by atoms with Gasteiger partial charge in [0, 0.05) is 24.2 Å². The van der Waals surface area contributed by atoms with Gasteiger partial charge in [0.05, 0.1) is 17.0 Å². The van der Waals surface area contributed by atoms with Crippen molar-refractivity contribution in [2.24, 2.45) is 11.3 Å². The summed E-state index contributed by atoms with van der Waals surface area (Å²) in [6, 6.07) is 15.1. The van der Waals surface area contributed by atoms with E-state index in [1.54, 1.807) is 12.1 Å². The van der Waals surface area contributed by atoms with Crippen LogP contribution in [0.2, 0.25) is 0 Å². The number of hydrogen-bond acceptors (Lipinski definition) is 5. The van der Waals surface area contributed by atoms with Crippen LogP contribution < -0.4 is 11.1 Å². The van der Waals surface area contributed by atoms with Crippen LogP contribution in [0, 0.1) is 11.3 Å². The van der Waals surface area contributed by atoms with Crippen molar-refractivity contribution in [2.45, 2.75) is 82.8 Å². The van der Waals surface area contributed by atoms with Crippen LogP contribution in [0.5, 0.6) is 0 Å². The van der Waals surface area contributed by atoms with Crippen LogP contribution in [0.15, 0.2) is 59.5 Å². The molecule has 3 rings (SSSR count). The van der Waals surface area contributed by atoms with Crippen molar-refractivity contribution in [2.75, 3.05) is 18.8 Å². The maximum atomic E-state index is 13.6. The van der Waals surface area contributed by atoms with Gasteiger partial charge in [-0.05, 0) is 61.4 Å². The van der Waals surface area contributed by atoms with Gasteiger partial charge in [-0.15, -0.1) is 0 Å². The molecule has 2 atom stereocenters. The molecule has 0 aromatic heterocycles. The lowest BCUT2D eigenvalue weighted by atomic mass is 9.71. The lowest BCUT2D eigenvalue weighted by Crippen LogP contribution is -2.54. The summed E-state index contributed by atoms with van der Waals surface area (Å²) in [5, 5.41) is 14.6. The van der Waals surface area contributed by atoms with Crippen LogP contribution in [0.25, 0.3) is 0 Å². The predicted octanol–water partition coefficient (Wildman–Crippen LogP) is 4.36. The topological polar surface area (TPSA) is 113 Å². The first-order valence-corrected chi connectivity index (χ1v) is 14.9. The van der Waals surface area contributed by atoms with Gasteiger partial charge in [0.2, 0.25) is 15.9 Å². The Morgan fingerprint density at radius 3 is 2.22 bits per heavy atom. The molecule has 0 bridgehead atoms. The van der Waals surface area contributed by atoms with Crippen LogP contribution in [0.4, 0.5) is 5.69 Å². The Kier molecular flexibility index (Phi) is 10.2. The highest BCUT2D eigenvalue weighted by atomic mass is 32.2. The molecule has 2 aromatic carbocycles. The van der Waals surface area contributed by atoms with Crippen molar-refractivity contribution < 1.29 is 18.3 Å². The molecule has 1 amide bonds. The lowest BCUT2D eigenvalue weighted by Gasteiger charge is -2.38. The largest absolute Gasteiger partial charge is 0.399 e. The van der Waals surface area contributed by atoms with Crippen LogP contribution in [-0.2, 0) is 21.2 Å². The maximum Gasteiger partial charge on any atom is 0.243 e. The summed E-state index contributed by atoms with van der Waals surface area (Å²) in [6.45, 7) is 6.05. The van der Waals surface area contributed by atoms with E-state index in [1.165, 1.54) is 16.4 Å². The standard InChI is InChI=1S/C29H43N3O4S/c1-4-29(17-9-6-10-18-29)28(34)31-26(19-23-11-7-5-8-12-23)27(33)21-32(20-22(2)3)37(35,36)25-15-13-24(30)14-16-25/h5,7-8,11-16,22,26-27,33H,4,6,9-10,17-21,30H2,1-3H3,(H,31,34)/t26-,27+/m0/s1. The summed E-state index contributed by atoms with van der Waals surface area (Å²) in [4.78, 5) is 13.7. The number of anilines is 1. The second kappa shape index (κ2) is 12.9. The van der Waals surface area contributed by atoms with Crippen LogP contribution in [-0.4, -0.2) is 49.0 Å². The van der Waals surface area contributed by atoms with Gasteiger partial charge in [0.25, 0.3) is 0 Å². The first kappa shape index (κ1) is 29.1. The van der Waals surface area contributed by atoms with E-state index in [0.717, 1.165) is 44.1 Å². The molecule has 204 valence electrons. The highest BCUT2D eigenvalue weighted by molar-refractivity contribution is 7.89. The minimum Gasteiger partial charge on any atom is -0.399 e. The monoisotopic (exact) mass is 529 g/mol. The molecule has 1 aliphatic carbocycles. The number of nitrogens with zero attached hydrogens (tertiary/aromatic N) is 1. The number of aliphatic hydroxyl groups is 1. The van der Waals surface area contributed by atoms with Crippen molar-refractivity contribution in [1.82, 2.24) is 9.62 Å². The predicted molar refractivity (Wildman–Crippen MR) is 148 cm³/mol. The van der Waals surface area contributed by atoms with Gasteiger partial charge >= 0.3 is 0 Å². The number of benzene rings is 2. The van der Waals surface area contributed by atoms with Gasteiger partial charge in [-0.1, -0.05) is 70.4 Å². The summed E-state index contributed by atoms with van der Waals surface area (Å²) >= 11 is 0. The van der Waals surface area contributed by atoms with Crippen molar-refractivity contribution in [3.8, 4) is 0 Å². The van der Waals surface area contributed by atoms with Gasteiger partial charge in [-0.25, -0.2) is 8.42 Å². The molecule has 37 heavy (non-hydrogen) atoms. The SMILES string of the molecule is CCC1(C(=O)N[C@@H](Cc2ccccc2)[C@H](O)CN(CC(C)C)S(=O)(=O)c2ccc(N)cc2)CCCCC1. The zero-order chi connectivity index (χ0) is 27.1. The van der Waals surface area contributed by atoms with Crippen molar-refractivity contribution >= 4 is 21.6 Å². The van der Waals surface area contributed by atoms with Crippen molar-refractivity contribution in [1.29, 1.82) is 0 Å². The number of aliphatic hydroxyl groups excluding tert-OH is 1. The minimum atomic E-state index is -3.87. The molecular weight excluding hydrogens is 486 g/mol. The zero-order valence-corrected chi connectivity index (χ0v) is 23.2.